The van der Waals surface area contributed by atoms with Crippen molar-refractivity contribution in [3.63, 3.8) is 0 Å². The van der Waals surface area contributed by atoms with Crippen molar-refractivity contribution in [3.8, 4) is 0 Å². The summed E-state index contributed by atoms with van der Waals surface area (Å²) in [6.07, 6.45) is -6.27. The van der Waals surface area contributed by atoms with Gasteiger partial charge in [0.15, 0.2) is 29.6 Å². The summed E-state index contributed by atoms with van der Waals surface area (Å²) in [7, 11) is 0. The third-order valence-electron chi connectivity index (χ3n) is 12.1. The van der Waals surface area contributed by atoms with E-state index in [9.17, 15) is 59.4 Å². The van der Waals surface area contributed by atoms with Gasteiger partial charge in [-0.3, -0.25) is 19.2 Å². The van der Waals surface area contributed by atoms with Gasteiger partial charge in [0.25, 0.3) is 0 Å². The highest BCUT2D eigenvalue weighted by molar-refractivity contribution is 5.86. The van der Waals surface area contributed by atoms with Crippen molar-refractivity contribution < 1.29 is 116 Å². The van der Waals surface area contributed by atoms with Gasteiger partial charge in [0.05, 0.1) is 124 Å². The number of carboxylic acid groups (broad SMARTS) is 2. The standard InChI is InChI=1S/C50H87N9O24/c1-31-35(57-49(51)52)25-39(47(68)69)82-43(31)44(37(65)27-60)79-29-33(63)5-3-10-72-13-8-59(41(67)7-12-74-15-16-75-17-18-76-19-20-77-21-22-78-23-24-81-55)9-14-73-11-4-6-34(64)30-80-45(38(66)28-61)46-42(56-32(2)62)36(58-50(53)54)26-40(83-46)48(70)71/h25-26,31,35-38,42-46,60-61,65-66H,3-24,27-30,55H2,1-2H3,(H,56,62)(H,68,69)(H,70,71)(H4,51,52,57)(H4,53,54,58)/t31-,35+,36+,37-,38-,42-,43-,44-,45-,46-/m1/s1. The highest BCUT2D eigenvalue weighted by Gasteiger charge is 2.46. The molecular weight excluding hydrogens is 1110 g/mol. The van der Waals surface area contributed by atoms with E-state index in [1.54, 1.807) is 6.92 Å². The van der Waals surface area contributed by atoms with Crippen LogP contribution < -0.4 is 34.1 Å². The molecular formula is C50H87N9O24. The molecule has 33 heteroatoms. The van der Waals surface area contributed by atoms with Crippen molar-refractivity contribution in [2.24, 2.45) is 44.7 Å². The molecule has 476 valence electrons. The molecule has 33 nitrogen and oxygen atoms in total. The van der Waals surface area contributed by atoms with Crippen molar-refractivity contribution >= 4 is 47.2 Å². The number of aliphatic hydroxyl groups excluding tert-OH is 4. The molecule has 17 N–H and O–H groups in total. The Balaban J connectivity index is 1.92. The number of carboxylic acids is 2. The van der Waals surface area contributed by atoms with Crippen molar-refractivity contribution in [2.75, 3.05) is 139 Å². The first-order valence-corrected chi connectivity index (χ1v) is 26.9. The number of aliphatic carboxylic acids is 2. The topological polar surface area (TPSA) is 505 Å². The third-order valence-corrected chi connectivity index (χ3v) is 12.1. The van der Waals surface area contributed by atoms with Gasteiger partial charge in [-0.2, -0.15) is 0 Å². The third kappa shape index (κ3) is 30.6. The molecule has 2 heterocycles. The monoisotopic (exact) mass is 1200 g/mol. The van der Waals surface area contributed by atoms with E-state index in [0.29, 0.717) is 52.9 Å². The van der Waals surface area contributed by atoms with Gasteiger partial charge in [0.2, 0.25) is 23.3 Å². The van der Waals surface area contributed by atoms with Gasteiger partial charge in [0, 0.05) is 52.0 Å². The molecule has 0 aliphatic carbocycles. The fraction of sp³-hybridized carbons (Fsp3) is 0.760. The molecule has 2 aliphatic rings. The van der Waals surface area contributed by atoms with Crippen LogP contribution >= 0.6 is 0 Å². The first-order valence-electron chi connectivity index (χ1n) is 26.9. The number of guanidine groups is 2. The van der Waals surface area contributed by atoms with Gasteiger partial charge in [0.1, 0.15) is 43.7 Å². The van der Waals surface area contributed by atoms with Crippen LogP contribution in [-0.4, -0.2) is 276 Å². The van der Waals surface area contributed by atoms with Crippen molar-refractivity contribution in [1.82, 2.24) is 10.2 Å². The van der Waals surface area contributed by atoms with Crippen LogP contribution in [0.2, 0.25) is 0 Å². The molecule has 2 rings (SSSR count). The summed E-state index contributed by atoms with van der Waals surface area (Å²) in [4.78, 5) is 89.1. The quantitative estimate of drug-likeness (QED) is 0.0117. The minimum Gasteiger partial charge on any atom is -0.480 e. The number of amides is 2. The maximum absolute atomic E-state index is 13.4. The molecule has 10 atom stereocenters. The number of hydrogen-bond acceptors (Lipinski definition) is 25. The second-order valence-corrected chi connectivity index (χ2v) is 18.6. The number of hydrogen-bond donors (Lipinski definition) is 12. The SMILES string of the molecule is CC(=O)N[C@H]1[C@H]([C@H](OCC(=O)CCCOCCN(CCOCCCC(=O)CO[C@@H]([C@@H]2OC(C(=O)O)=C[C@H](N=C(N)N)[C@H]2C)[C@H](O)CO)C(=O)CCOCCOCCOCCOCCOCCON)[C@H](O)CO)OC(C(=O)O)=C[C@@H]1N=C(N)N. The Morgan fingerprint density at radius 2 is 0.988 bits per heavy atom. The Labute approximate surface area is 480 Å². The normalized spacial score (nSPS) is 20.0. The average Bonchev–Trinajstić information content (AvgIpc) is 2.74. The maximum atomic E-state index is 13.4. The fourth-order valence-electron chi connectivity index (χ4n) is 8.05. The van der Waals surface area contributed by atoms with Crippen LogP contribution in [0.1, 0.15) is 46.0 Å². The Kier molecular flexibility index (Phi) is 38.0. The minimum absolute atomic E-state index is 0.00370. The van der Waals surface area contributed by atoms with Crippen LogP contribution in [0.4, 0.5) is 0 Å². The van der Waals surface area contributed by atoms with E-state index in [-0.39, 0.29) is 103 Å². The number of carbonyl (C=O) groups is 6. The highest BCUT2D eigenvalue weighted by Crippen LogP contribution is 2.31. The largest absolute Gasteiger partial charge is 0.480 e. The van der Waals surface area contributed by atoms with E-state index in [0.717, 1.165) is 13.0 Å². The molecule has 0 radical (unpaired) electrons. The van der Waals surface area contributed by atoms with Crippen molar-refractivity contribution in [2.45, 2.75) is 101 Å². The van der Waals surface area contributed by atoms with Crippen LogP contribution in [0.5, 0.6) is 0 Å². The Bertz CT molecular complexity index is 2050. The highest BCUT2D eigenvalue weighted by atomic mass is 16.6. The van der Waals surface area contributed by atoms with Crippen molar-refractivity contribution in [1.29, 1.82) is 0 Å². The minimum atomic E-state index is -1.72. The predicted octanol–water partition coefficient (Wildman–Crippen LogP) is -5.45. The van der Waals surface area contributed by atoms with E-state index >= 15 is 0 Å². The summed E-state index contributed by atoms with van der Waals surface area (Å²) < 4.78 is 61.4. The fourth-order valence-corrected chi connectivity index (χ4v) is 8.05. The number of nitrogens with two attached hydrogens (primary N) is 5. The first kappa shape index (κ1) is 73.3. The summed E-state index contributed by atoms with van der Waals surface area (Å²) >= 11 is 0. The lowest BCUT2D eigenvalue weighted by Gasteiger charge is -2.40. The second kappa shape index (κ2) is 43.0. The molecule has 0 aromatic heterocycles. The van der Waals surface area contributed by atoms with E-state index in [1.807, 2.05) is 0 Å². The molecule has 83 heavy (non-hydrogen) atoms. The lowest BCUT2D eigenvalue weighted by molar-refractivity contribution is -0.159. The zero-order valence-corrected chi connectivity index (χ0v) is 47.1. The van der Waals surface area contributed by atoms with Gasteiger partial charge in [-0.25, -0.2) is 25.5 Å². The number of aliphatic imine (C=N–C) groups is 2. The smallest absolute Gasteiger partial charge is 0.370 e. The number of carbonyl (C=O) groups excluding carboxylic acids is 4. The maximum Gasteiger partial charge on any atom is 0.370 e. The van der Waals surface area contributed by atoms with Crippen molar-refractivity contribution in [3.05, 3.63) is 23.7 Å². The van der Waals surface area contributed by atoms with Crippen LogP contribution in [0, 0.1) is 5.92 Å². The van der Waals surface area contributed by atoms with Gasteiger partial charge in [-0.1, -0.05) is 6.92 Å². The van der Waals surface area contributed by atoms with Gasteiger partial charge >= 0.3 is 11.9 Å². The molecule has 0 unspecified atom stereocenters. The number of aliphatic hydroxyl groups is 4. The number of Topliss-reactive ketones (excluding diaryl/α,β-unsaturated/α-hetero) is 2. The van der Waals surface area contributed by atoms with Crippen LogP contribution in [0.15, 0.2) is 33.7 Å². The predicted molar refractivity (Wildman–Crippen MR) is 288 cm³/mol. The Hall–Kier alpha value is -5.76. The molecule has 0 saturated carbocycles. The molecule has 0 spiro atoms. The van der Waals surface area contributed by atoms with Crippen LogP contribution in [0.25, 0.3) is 0 Å². The second-order valence-electron chi connectivity index (χ2n) is 18.6. The van der Waals surface area contributed by atoms with Gasteiger partial charge < -0.3 is 121 Å². The molecule has 2 aliphatic heterocycles. The number of ether oxygens (including phenoxy) is 11. The zero-order valence-electron chi connectivity index (χ0n) is 47.1. The van der Waals surface area contributed by atoms with Gasteiger partial charge in [-0.15, -0.1) is 0 Å². The average molecular weight is 1200 g/mol. The number of nitrogens with one attached hydrogen (secondary N) is 1. The first-order chi connectivity index (χ1) is 39.7. The molecule has 0 aromatic carbocycles. The lowest BCUT2D eigenvalue weighted by Crippen LogP contribution is -2.60. The Morgan fingerprint density at radius 3 is 1.41 bits per heavy atom. The summed E-state index contributed by atoms with van der Waals surface area (Å²) in [5.74, 6) is -2.35. The molecule has 0 aromatic rings. The summed E-state index contributed by atoms with van der Waals surface area (Å²) in [6, 6.07) is -3.28. The van der Waals surface area contributed by atoms with E-state index in [4.69, 9.17) is 80.9 Å². The van der Waals surface area contributed by atoms with E-state index in [1.165, 1.54) is 11.0 Å². The summed E-state index contributed by atoms with van der Waals surface area (Å²) in [5, 5.41) is 62.8. The van der Waals surface area contributed by atoms with E-state index < -0.39 is 134 Å². The molecule has 0 bridgehead atoms. The molecule has 0 fully saturated rings. The number of ketones is 2. The van der Waals surface area contributed by atoms with Crippen LogP contribution in [0.3, 0.4) is 0 Å². The number of rotatable bonds is 49. The summed E-state index contributed by atoms with van der Waals surface area (Å²) in [6.45, 7) is 3.91. The van der Waals surface area contributed by atoms with Crippen LogP contribution in [-0.2, 0) is 85.7 Å². The number of nitrogens with zero attached hydrogens (tertiary/aromatic N) is 3. The lowest BCUT2D eigenvalue weighted by atomic mass is 9.87. The molecule has 2 amide bonds. The summed E-state index contributed by atoms with van der Waals surface area (Å²) in [5.41, 5.74) is 22.2. The molecule has 0 saturated heterocycles. The zero-order chi connectivity index (χ0) is 61.5. The van der Waals surface area contributed by atoms with E-state index in [2.05, 4.69) is 20.1 Å². The van der Waals surface area contributed by atoms with Gasteiger partial charge in [-0.05, 0) is 25.0 Å². The Morgan fingerprint density at radius 1 is 0.590 bits per heavy atom.